The second kappa shape index (κ2) is 22.1. The van der Waals surface area contributed by atoms with Crippen LogP contribution in [-0.2, 0) is 6.42 Å². The van der Waals surface area contributed by atoms with Crippen LogP contribution in [0.15, 0.2) is 59.1 Å². The van der Waals surface area contributed by atoms with E-state index in [0.717, 1.165) is 58.7 Å². The summed E-state index contributed by atoms with van der Waals surface area (Å²) < 4.78 is 1.04. The number of nitrogens with two attached hydrogens (primary N) is 3. The van der Waals surface area contributed by atoms with E-state index < -0.39 is 0 Å². The molecule has 0 unspecified atom stereocenters. The predicted octanol–water partition coefficient (Wildman–Crippen LogP) is 6.08. The van der Waals surface area contributed by atoms with Gasteiger partial charge in [-0.2, -0.15) is 0 Å². The molecule has 3 aromatic rings. The molecule has 43 heavy (non-hydrogen) atoms. The topological polar surface area (TPSA) is 87.8 Å². The highest BCUT2D eigenvalue weighted by molar-refractivity contribution is 9.10. The van der Waals surface area contributed by atoms with Crippen molar-refractivity contribution in [3.63, 3.8) is 0 Å². The molecule has 6 nitrogen and oxygen atoms in total. The van der Waals surface area contributed by atoms with E-state index in [2.05, 4.69) is 71.7 Å². The van der Waals surface area contributed by atoms with Crippen LogP contribution < -0.4 is 17.2 Å². The van der Waals surface area contributed by atoms with Gasteiger partial charge in [-0.1, -0.05) is 39.8 Å². The zero-order chi connectivity index (χ0) is 32.9. The third-order valence-electron chi connectivity index (χ3n) is 5.43. The smallest absolute Gasteiger partial charge is 0.0600 e. The van der Waals surface area contributed by atoms with Gasteiger partial charge in [0.1, 0.15) is 0 Å². The molecule has 0 fully saturated rings. The van der Waals surface area contributed by atoms with Gasteiger partial charge in [0, 0.05) is 27.1 Å². The number of anilines is 3. The molecule has 6 N–H and O–H groups in total. The van der Waals surface area contributed by atoms with Crippen LogP contribution in [0.1, 0.15) is 34.2 Å². The second-order valence-corrected chi connectivity index (χ2v) is 12.3. The molecular weight excluding hydrogens is 596 g/mol. The van der Waals surface area contributed by atoms with Gasteiger partial charge >= 0.3 is 0 Å². The van der Waals surface area contributed by atoms with Crippen molar-refractivity contribution >= 4 is 33.0 Å². The molecule has 0 spiro atoms. The van der Waals surface area contributed by atoms with E-state index >= 15 is 0 Å². The van der Waals surface area contributed by atoms with Crippen LogP contribution in [0.25, 0.3) is 0 Å². The average molecular weight is 650 g/mol. The fourth-order valence-corrected chi connectivity index (χ4v) is 4.40. The Morgan fingerprint density at radius 1 is 0.651 bits per heavy atom. The number of benzene rings is 3. The standard InChI is InChI=1S/C12H20N2.C12H16N2.C7H8BrN.C5H9N/c2*1-10-7-11(9-12(13)8-10)5-4-6-14(2)3;1-5-2-6(8)4-7(9)3-5;1-4-5-6(2)3/h7-9H,4-6,13H2,1-3H3;7-9H,6,13H2,1-3H3;2-4H,9H2,1H3;1H,5H2,2-3H3. The Labute approximate surface area is 270 Å². The van der Waals surface area contributed by atoms with Gasteiger partial charge in [-0.15, -0.1) is 6.42 Å². The third-order valence-corrected chi connectivity index (χ3v) is 5.89. The molecule has 0 heterocycles. The van der Waals surface area contributed by atoms with Crippen LogP contribution in [0.2, 0.25) is 0 Å². The van der Waals surface area contributed by atoms with Gasteiger partial charge in [0.2, 0.25) is 0 Å². The molecule has 0 aliphatic heterocycles. The SMILES string of the molecule is C#CCN(C)C.Cc1cc(N)cc(Br)c1.Cc1cc(N)cc(C#CCN(C)C)c1.Cc1cc(N)cc(CCCN(C)C)c1. The van der Waals surface area contributed by atoms with E-state index in [4.69, 9.17) is 23.6 Å². The number of hydrogen-bond donors (Lipinski definition) is 3. The highest BCUT2D eigenvalue weighted by Crippen LogP contribution is 2.16. The summed E-state index contributed by atoms with van der Waals surface area (Å²) in [5.41, 5.74) is 25.4. The number of hydrogen-bond acceptors (Lipinski definition) is 6. The maximum Gasteiger partial charge on any atom is 0.0600 e. The number of rotatable bonds is 6. The summed E-state index contributed by atoms with van der Waals surface area (Å²) in [7, 11) is 12.1. The number of aryl methyl sites for hydroxylation is 4. The molecule has 7 heteroatoms. The van der Waals surface area contributed by atoms with Crippen LogP contribution in [-0.4, -0.2) is 76.6 Å². The maximum absolute atomic E-state index is 5.78. The van der Waals surface area contributed by atoms with Crippen LogP contribution in [0.3, 0.4) is 0 Å². The van der Waals surface area contributed by atoms with Crippen LogP contribution >= 0.6 is 15.9 Å². The molecule has 0 saturated carbocycles. The average Bonchev–Trinajstić information content (AvgIpc) is 2.83. The van der Waals surface area contributed by atoms with Gasteiger partial charge < -0.3 is 22.1 Å². The molecule has 0 aliphatic carbocycles. The molecule has 0 bridgehead atoms. The van der Waals surface area contributed by atoms with E-state index in [-0.39, 0.29) is 0 Å². The summed E-state index contributed by atoms with van der Waals surface area (Å²) in [4.78, 5) is 6.19. The van der Waals surface area contributed by atoms with Gasteiger partial charge in [-0.25, -0.2) is 0 Å². The molecule has 3 aromatic carbocycles. The third kappa shape index (κ3) is 22.8. The van der Waals surface area contributed by atoms with E-state index in [9.17, 15) is 0 Å². The summed E-state index contributed by atoms with van der Waals surface area (Å²) in [6.45, 7) is 8.77. The highest BCUT2D eigenvalue weighted by atomic mass is 79.9. The van der Waals surface area contributed by atoms with Crippen molar-refractivity contribution in [2.75, 3.05) is 79.1 Å². The van der Waals surface area contributed by atoms with Crippen molar-refractivity contribution in [1.82, 2.24) is 14.7 Å². The minimum atomic E-state index is 0.736. The van der Waals surface area contributed by atoms with Crippen molar-refractivity contribution in [2.24, 2.45) is 0 Å². The summed E-state index contributed by atoms with van der Waals surface area (Å²) >= 11 is 3.33. The number of nitrogens with zero attached hydrogens (tertiary/aromatic N) is 3. The van der Waals surface area contributed by atoms with E-state index in [1.54, 1.807) is 0 Å². The monoisotopic (exact) mass is 648 g/mol. The molecule has 0 radical (unpaired) electrons. The van der Waals surface area contributed by atoms with Crippen molar-refractivity contribution < 1.29 is 0 Å². The van der Waals surface area contributed by atoms with Crippen LogP contribution in [0.5, 0.6) is 0 Å². The first kappa shape index (κ1) is 39.5. The summed E-state index contributed by atoms with van der Waals surface area (Å²) in [5.74, 6) is 8.65. The zero-order valence-electron chi connectivity index (χ0n) is 27.8. The summed E-state index contributed by atoms with van der Waals surface area (Å²) in [6.07, 6.45) is 7.24. The zero-order valence-corrected chi connectivity index (χ0v) is 29.3. The molecule has 3 rings (SSSR count). The minimum Gasteiger partial charge on any atom is -0.399 e. The van der Waals surface area contributed by atoms with Gasteiger partial charge in [0.05, 0.1) is 13.1 Å². The van der Waals surface area contributed by atoms with E-state index in [0.29, 0.717) is 0 Å². The molecule has 0 aromatic heterocycles. The van der Waals surface area contributed by atoms with Gasteiger partial charge in [-0.3, -0.25) is 9.80 Å². The lowest BCUT2D eigenvalue weighted by Crippen LogP contribution is -2.13. The molecule has 0 atom stereocenters. The number of halogens is 1. The van der Waals surface area contributed by atoms with Crippen LogP contribution in [0, 0.1) is 45.0 Å². The normalized spacial score (nSPS) is 9.86. The lowest BCUT2D eigenvalue weighted by atomic mass is 10.1. The fourth-order valence-electron chi connectivity index (χ4n) is 3.77. The Balaban J connectivity index is 0.000000573. The van der Waals surface area contributed by atoms with E-state index in [1.165, 1.54) is 23.1 Å². The largest absolute Gasteiger partial charge is 0.399 e. The lowest BCUT2D eigenvalue weighted by Gasteiger charge is -2.09. The summed E-state index contributed by atoms with van der Waals surface area (Å²) in [5, 5.41) is 0. The van der Waals surface area contributed by atoms with Crippen molar-refractivity contribution in [1.29, 1.82) is 0 Å². The number of nitrogen functional groups attached to an aromatic ring is 3. The lowest BCUT2D eigenvalue weighted by molar-refractivity contribution is 0.400. The Bertz CT molecular complexity index is 1240. The summed E-state index contributed by atoms with van der Waals surface area (Å²) in [6, 6.07) is 18.0. The first-order valence-electron chi connectivity index (χ1n) is 14.2. The Morgan fingerprint density at radius 2 is 1.16 bits per heavy atom. The van der Waals surface area contributed by atoms with Crippen molar-refractivity contribution in [3.05, 3.63) is 86.9 Å². The predicted molar refractivity (Wildman–Crippen MR) is 194 cm³/mol. The quantitative estimate of drug-likeness (QED) is 0.222. The number of terminal acetylenes is 1. The minimum absolute atomic E-state index is 0.736. The van der Waals surface area contributed by atoms with Gasteiger partial charge in [-0.05, 0) is 153 Å². The molecular formula is C36H53BrN6. The molecule has 0 amide bonds. The van der Waals surface area contributed by atoms with E-state index in [1.807, 2.05) is 94.3 Å². The molecule has 234 valence electrons. The first-order chi connectivity index (χ1) is 20.1. The fraction of sp³-hybridized carbons (Fsp3) is 0.389. The second-order valence-electron chi connectivity index (χ2n) is 11.3. The molecule has 0 saturated heterocycles. The van der Waals surface area contributed by atoms with Crippen molar-refractivity contribution in [2.45, 2.75) is 33.6 Å². The van der Waals surface area contributed by atoms with Crippen LogP contribution in [0.4, 0.5) is 17.1 Å². The maximum atomic E-state index is 5.78. The van der Waals surface area contributed by atoms with Gasteiger partial charge in [0.15, 0.2) is 0 Å². The van der Waals surface area contributed by atoms with Crippen molar-refractivity contribution in [3.8, 4) is 24.2 Å². The Kier molecular flexibility index (Phi) is 20.3. The Hall–Kier alpha value is -3.46. The molecule has 0 aliphatic rings. The highest BCUT2D eigenvalue weighted by Gasteiger charge is 1.97. The van der Waals surface area contributed by atoms with Gasteiger partial charge in [0.25, 0.3) is 0 Å². The first-order valence-corrected chi connectivity index (χ1v) is 15.0. The Morgan fingerprint density at radius 3 is 1.58 bits per heavy atom.